The molecule has 0 amide bonds. The van der Waals surface area contributed by atoms with Crippen molar-refractivity contribution in [3.05, 3.63) is 0 Å². The Labute approximate surface area is 436 Å². The van der Waals surface area contributed by atoms with Gasteiger partial charge in [-0.15, -0.1) is 0 Å². The van der Waals surface area contributed by atoms with E-state index in [1.54, 1.807) is 8.61 Å². The van der Waals surface area contributed by atoms with Crippen LogP contribution in [-0.2, 0) is 76.9 Å². The molecule has 10 fully saturated rings. The number of nitrogens with zero attached hydrogens (tertiary/aromatic N) is 2. The summed E-state index contributed by atoms with van der Waals surface area (Å²) < 4.78 is 134. The fourth-order valence-electron chi connectivity index (χ4n) is 12.8. The quantitative estimate of drug-likeness (QED) is 0.142. The summed E-state index contributed by atoms with van der Waals surface area (Å²) >= 11 is 0. The van der Waals surface area contributed by atoms with Gasteiger partial charge in [0.05, 0.1) is 107 Å². The third-order valence-electron chi connectivity index (χ3n) is 18.5. The van der Waals surface area contributed by atoms with Crippen molar-refractivity contribution < 1.29 is 73.7 Å². The Morgan fingerprint density at radius 3 is 0.699 bits per heavy atom. The molecule has 0 aromatic rings. The molecule has 0 atom stereocenters. The van der Waals surface area contributed by atoms with Crippen molar-refractivity contribution in [1.82, 2.24) is 8.61 Å². The summed E-state index contributed by atoms with van der Waals surface area (Å²) in [5.74, 6) is -3.87. The van der Waals surface area contributed by atoms with Crippen LogP contribution in [-0.4, -0.2) is 177 Å². The normalized spacial score (nSPS) is 30.3. The van der Waals surface area contributed by atoms with Crippen LogP contribution in [0.5, 0.6) is 0 Å². The molecule has 18 nitrogen and oxygen atoms in total. The summed E-state index contributed by atoms with van der Waals surface area (Å²) in [5, 5.41) is 0. The van der Waals surface area contributed by atoms with Gasteiger partial charge in [-0.1, -0.05) is 78.1 Å². The van der Waals surface area contributed by atoms with Gasteiger partial charge in [0, 0.05) is 103 Å². The largest absolute Gasteiger partial charge is 0.349 e. The highest BCUT2D eigenvalue weighted by atomic mass is 32.2. The highest BCUT2D eigenvalue weighted by Gasteiger charge is 2.60. The van der Waals surface area contributed by atoms with Crippen LogP contribution in [0.3, 0.4) is 0 Å². The van der Waals surface area contributed by atoms with Crippen molar-refractivity contribution in [2.45, 2.75) is 203 Å². The maximum absolute atomic E-state index is 13.1. The van der Waals surface area contributed by atoms with E-state index in [1.807, 2.05) is 0 Å². The van der Waals surface area contributed by atoms with Gasteiger partial charge in [0.15, 0.2) is 34.7 Å². The molecule has 10 rings (SSSR count). The highest BCUT2D eigenvalue weighted by Crippen LogP contribution is 2.52. The standard InChI is InChI=1S/C53H90N2O16S2/c1-3-5-7-9-11-13-31-72(56,57)54-27-23-52(24-28-54)68-41-46(42-69-52)37-64-50(65-38-46)19-15-48(16-20-50)60-33-45(34-61-48)35-62-49(63-36-45)17-21-51(22-18-49)66-39-47(40-67-51)43-70-53(71-44-47)25-29-55(30-26-53)73(58,59)32-14-12-10-8-6-4-2/h3-44H2,1-2H3. The van der Waals surface area contributed by atoms with E-state index >= 15 is 0 Å². The SMILES string of the molecule is CCCCCCCCS(=O)(=O)N1CCC2(CC1)OCC1(CO2)COC2(CCC3(CC2)OCC2(CO3)COC3(CCC4(CC3)OCC3(COC5(CCN(S(=O)(=O)CCCCCCCC)CC5)OC3)CO4)OC2)OC1. The van der Waals surface area contributed by atoms with E-state index in [9.17, 15) is 16.8 Å². The molecule has 0 aromatic heterocycles. The molecule has 420 valence electrons. The van der Waals surface area contributed by atoms with E-state index < -0.39 is 65.6 Å². The maximum Gasteiger partial charge on any atom is 0.214 e. The molecule has 10 aliphatic rings. The molecule has 2 aliphatic carbocycles. The van der Waals surface area contributed by atoms with Crippen LogP contribution in [0.1, 0.15) is 168 Å². The average molecular weight is 1080 g/mol. The van der Waals surface area contributed by atoms with Crippen molar-refractivity contribution in [3.63, 3.8) is 0 Å². The number of hydrogen-bond donors (Lipinski definition) is 0. The lowest BCUT2D eigenvalue weighted by Gasteiger charge is -2.57. The molecule has 8 heterocycles. The van der Waals surface area contributed by atoms with Crippen molar-refractivity contribution in [2.75, 3.05) is 117 Å². The minimum Gasteiger partial charge on any atom is -0.349 e. The number of sulfonamides is 2. The Bertz CT molecular complexity index is 1830. The van der Waals surface area contributed by atoms with Gasteiger partial charge >= 0.3 is 0 Å². The van der Waals surface area contributed by atoms with Gasteiger partial charge in [-0.25, -0.2) is 25.4 Å². The second kappa shape index (κ2) is 22.5. The molecule has 73 heavy (non-hydrogen) atoms. The fraction of sp³-hybridized carbons (Fsp3) is 1.00. The maximum atomic E-state index is 13.1. The number of ether oxygens (including phenoxy) is 12. The van der Waals surface area contributed by atoms with Crippen LogP contribution in [0.2, 0.25) is 0 Å². The highest BCUT2D eigenvalue weighted by molar-refractivity contribution is 7.89. The van der Waals surface area contributed by atoms with Crippen LogP contribution in [0.4, 0.5) is 0 Å². The number of piperidine rings is 2. The first kappa shape index (κ1) is 55.6. The summed E-state index contributed by atoms with van der Waals surface area (Å²) in [6.45, 7) is 11.7. The van der Waals surface area contributed by atoms with E-state index in [1.165, 1.54) is 38.5 Å². The summed E-state index contributed by atoms with van der Waals surface area (Å²) in [6.07, 6.45) is 20.0. The number of hydrogen-bond acceptors (Lipinski definition) is 16. The van der Waals surface area contributed by atoms with Gasteiger partial charge in [0.1, 0.15) is 0 Å². The first-order valence-corrected chi connectivity index (χ1v) is 31.9. The van der Waals surface area contributed by atoms with E-state index in [2.05, 4.69) is 13.8 Å². The fourth-order valence-corrected chi connectivity index (χ4v) is 15.9. The molecule has 2 saturated carbocycles. The van der Waals surface area contributed by atoms with Crippen molar-refractivity contribution in [3.8, 4) is 0 Å². The van der Waals surface area contributed by atoms with Crippen LogP contribution >= 0.6 is 0 Å². The van der Waals surface area contributed by atoms with E-state index in [4.69, 9.17) is 56.8 Å². The van der Waals surface area contributed by atoms with Gasteiger partial charge in [-0.05, 0) is 12.8 Å². The number of rotatable bonds is 16. The molecule has 0 radical (unpaired) electrons. The molecule has 0 unspecified atom stereocenters. The second-order valence-electron chi connectivity index (χ2n) is 24.4. The molecule has 9 spiro atoms. The molecule has 20 heteroatoms. The third kappa shape index (κ3) is 12.5. The topological polar surface area (TPSA) is 186 Å². The zero-order chi connectivity index (χ0) is 50.8. The van der Waals surface area contributed by atoms with Gasteiger partial charge in [-0.3, -0.25) is 0 Å². The van der Waals surface area contributed by atoms with Crippen LogP contribution in [0.15, 0.2) is 0 Å². The summed E-state index contributed by atoms with van der Waals surface area (Å²) in [7, 11) is -6.56. The van der Waals surface area contributed by atoms with Gasteiger partial charge in [-0.2, -0.15) is 0 Å². The van der Waals surface area contributed by atoms with Crippen LogP contribution < -0.4 is 0 Å². The first-order valence-electron chi connectivity index (χ1n) is 28.7. The van der Waals surface area contributed by atoms with Crippen molar-refractivity contribution in [1.29, 1.82) is 0 Å². The molecule has 0 aromatic carbocycles. The smallest absolute Gasteiger partial charge is 0.214 e. The minimum absolute atomic E-state index is 0.215. The first-order chi connectivity index (χ1) is 35.1. The monoisotopic (exact) mass is 1070 g/mol. The summed E-state index contributed by atoms with van der Waals surface area (Å²) in [6, 6.07) is 0. The molecular weight excluding hydrogens is 985 g/mol. The lowest BCUT2D eigenvalue weighted by molar-refractivity contribution is -0.412. The predicted molar refractivity (Wildman–Crippen MR) is 268 cm³/mol. The molecule has 0 bridgehead atoms. The predicted octanol–water partition coefficient (Wildman–Crippen LogP) is 7.12. The van der Waals surface area contributed by atoms with E-state index in [0.29, 0.717) is 195 Å². The van der Waals surface area contributed by atoms with E-state index in [-0.39, 0.29) is 16.9 Å². The lowest BCUT2D eigenvalue weighted by Crippen LogP contribution is -2.64. The van der Waals surface area contributed by atoms with Gasteiger partial charge in [0.25, 0.3) is 0 Å². The average Bonchev–Trinajstić information content (AvgIpc) is 3.41. The Morgan fingerprint density at radius 1 is 0.288 bits per heavy atom. The molecule has 8 saturated heterocycles. The van der Waals surface area contributed by atoms with Gasteiger partial charge < -0.3 is 56.8 Å². The Morgan fingerprint density at radius 2 is 0.479 bits per heavy atom. The second-order valence-corrected chi connectivity index (χ2v) is 28.6. The van der Waals surface area contributed by atoms with Crippen molar-refractivity contribution >= 4 is 20.0 Å². The molecular formula is C53H90N2O16S2. The van der Waals surface area contributed by atoms with E-state index in [0.717, 1.165) is 25.7 Å². The Kier molecular flexibility index (Phi) is 17.1. The lowest BCUT2D eigenvalue weighted by atomic mass is 9.82. The molecule has 0 N–H and O–H groups in total. The summed E-state index contributed by atoms with van der Waals surface area (Å²) in [4.78, 5) is 0. The molecule has 8 aliphatic heterocycles. The minimum atomic E-state index is -3.28. The zero-order valence-electron chi connectivity index (χ0n) is 44.4. The van der Waals surface area contributed by atoms with Crippen LogP contribution in [0, 0.1) is 16.2 Å². The zero-order valence-corrected chi connectivity index (χ0v) is 46.1. The van der Waals surface area contributed by atoms with Crippen LogP contribution in [0.25, 0.3) is 0 Å². The van der Waals surface area contributed by atoms with Crippen molar-refractivity contribution in [2.24, 2.45) is 16.2 Å². The van der Waals surface area contributed by atoms with Gasteiger partial charge in [0.2, 0.25) is 20.0 Å². The summed E-state index contributed by atoms with van der Waals surface area (Å²) in [5.41, 5.74) is -1.19. The number of unbranched alkanes of at least 4 members (excludes halogenated alkanes) is 10. The third-order valence-corrected chi connectivity index (χ3v) is 22.4. The Hall–Kier alpha value is -0.660. The Balaban J connectivity index is 0.597.